The van der Waals surface area contributed by atoms with Gasteiger partial charge in [-0.3, -0.25) is 9.59 Å². The lowest BCUT2D eigenvalue weighted by atomic mass is 10.1. The highest BCUT2D eigenvalue weighted by Crippen LogP contribution is 2.19. The van der Waals surface area contributed by atoms with Crippen LogP contribution in [0.3, 0.4) is 0 Å². The standard InChI is InChI=1S/C11H9NO2/c1-7-2-3-8-9(11(14)6-13)5-12-10(8)4-7/h2-6,12H,1H3. The first-order valence-electron chi connectivity index (χ1n) is 4.29. The molecule has 0 atom stereocenters. The molecule has 0 fully saturated rings. The molecule has 0 amide bonds. The second-order valence-electron chi connectivity index (χ2n) is 3.23. The smallest absolute Gasteiger partial charge is 0.227 e. The van der Waals surface area contributed by atoms with E-state index in [0.717, 1.165) is 16.5 Å². The average Bonchev–Trinajstić information content (AvgIpc) is 2.59. The summed E-state index contributed by atoms with van der Waals surface area (Å²) in [6.07, 6.45) is 1.91. The van der Waals surface area contributed by atoms with Gasteiger partial charge in [0.1, 0.15) is 0 Å². The monoisotopic (exact) mass is 187 g/mol. The van der Waals surface area contributed by atoms with Crippen molar-refractivity contribution in [2.24, 2.45) is 0 Å². The summed E-state index contributed by atoms with van der Waals surface area (Å²) in [5, 5.41) is 0.799. The third-order valence-electron chi connectivity index (χ3n) is 2.21. The number of aromatic amines is 1. The molecule has 0 aliphatic rings. The Hall–Kier alpha value is -1.90. The number of benzene rings is 1. The van der Waals surface area contributed by atoms with Gasteiger partial charge in [0.05, 0.1) is 5.56 Å². The number of carbonyl (C=O) groups excluding carboxylic acids is 2. The van der Waals surface area contributed by atoms with E-state index >= 15 is 0 Å². The number of aryl methyl sites for hydroxylation is 1. The Bertz CT molecular complexity index is 511. The summed E-state index contributed by atoms with van der Waals surface area (Å²) in [7, 11) is 0. The first-order chi connectivity index (χ1) is 6.72. The van der Waals surface area contributed by atoms with Gasteiger partial charge in [0.25, 0.3) is 0 Å². The molecule has 1 heterocycles. The number of aromatic nitrogens is 1. The second kappa shape index (κ2) is 3.10. The molecule has 2 rings (SSSR count). The molecule has 0 saturated heterocycles. The van der Waals surface area contributed by atoms with Crippen LogP contribution in [0.2, 0.25) is 0 Å². The van der Waals surface area contributed by atoms with Crippen molar-refractivity contribution < 1.29 is 9.59 Å². The molecule has 1 aromatic heterocycles. The van der Waals surface area contributed by atoms with Crippen LogP contribution in [0.5, 0.6) is 0 Å². The third kappa shape index (κ3) is 1.23. The number of nitrogens with one attached hydrogen (secondary N) is 1. The SMILES string of the molecule is Cc1ccc2c(C(=O)C=O)c[nH]c2c1. The van der Waals surface area contributed by atoms with Gasteiger partial charge in [0, 0.05) is 17.1 Å². The van der Waals surface area contributed by atoms with Gasteiger partial charge in [-0.25, -0.2) is 0 Å². The molecule has 0 radical (unpaired) electrons. The van der Waals surface area contributed by atoms with E-state index in [1.54, 1.807) is 6.20 Å². The fourth-order valence-electron chi connectivity index (χ4n) is 1.51. The van der Waals surface area contributed by atoms with Crippen molar-refractivity contribution in [2.75, 3.05) is 0 Å². The van der Waals surface area contributed by atoms with Crippen LogP contribution in [0, 0.1) is 6.92 Å². The van der Waals surface area contributed by atoms with Gasteiger partial charge in [0.2, 0.25) is 5.78 Å². The minimum atomic E-state index is -0.486. The summed E-state index contributed by atoms with van der Waals surface area (Å²) in [5.74, 6) is -0.486. The zero-order chi connectivity index (χ0) is 10.1. The third-order valence-corrected chi connectivity index (χ3v) is 2.21. The minimum Gasteiger partial charge on any atom is -0.360 e. The highest BCUT2D eigenvalue weighted by Gasteiger charge is 2.10. The number of fused-ring (bicyclic) bond motifs is 1. The molecular weight excluding hydrogens is 178 g/mol. The molecule has 2 aromatic rings. The van der Waals surface area contributed by atoms with Gasteiger partial charge < -0.3 is 4.98 Å². The maximum absolute atomic E-state index is 11.2. The van der Waals surface area contributed by atoms with E-state index in [4.69, 9.17) is 0 Å². The Morgan fingerprint density at radius 2 is 2.21 bits per heavy atom. The lowest BCUT2D eigenvalue weighted by Gasteiger charge is -1.93. The molecule has 0 unspecified atom stereocenters. The van der Waals surface area contributed by atoms with Crippen LogP contribution in [-0.4, -0.2) is 17.1 Å². The largest absolute Gasteiger partial charge is 0.360 e. The lowest BCUT2D eigenvalue weighted by Crippen LogP contribution is -1.97. The molecule has 0 spiro atoms. The van der Waals surface area contributed by atoms with Crippen LogP contribution in [0.4, 0.5) is 0 Å². The number of carbonyl (C=O) groups is 2. The maximum atomic E-state index is 11.2. The van der Waals surface area contributed by atoms with Gasteiger partial charge in [0.15, 0.2) is 6.29 Å². The van der Waals surface area contributed by atoms with Crippen LogP contribution in [0.15, 0.2) is 24.4 Å². The fraction of sp³-hybridized carbons (Fsp3) is 0.0909. The Kier molecular flexibility index (Phi) is 1.93. The van der Waals surface area contributed by atoms with Crippen molar-refractivity contribution in [3.05, 3.63) is 35.5 Å². The number of ketones is 1. The molecule has 3 heteroatoms. The fourth-order valence-corrected chi connectivity index (χ4v) is 1.51. The number of hydrogen-bond donors (Lipinski definition) is 1. The minimum absolute atomic E-state index is 0.336. The lowest BCUT2D eigenvalue weighted by molar-refractivity contribution is -0.104. The quantitative estimate of drug-likeness (QED) is 0.443. The highest BCUT2D eigenvalue weighted by molar-refractivity contribution is 6.36. The van der Waals surface area contributed by atoms with Crippen LogP contribution in [-0.2, 0) is 4.79 Å². The molecular formula is C11H9NO2. The van der Waals surface area contributed by atoms with Gasteiger partial charge in [-0.15, -0.1) is 0 Å². The summed E-state index contributed by atoms with van der Waals surface area (Å²) in [5.41, 5.74) is 2.44. The van der Waals surface area contributed by atoms with Crippen LogP contribution in [0.1, 0.15) is 15.9 Å². The summed E-state index contributed by atoms with van der Waals surface area (Å²) in [4.78, 5) is 24.5. The van der Waals surface area contributed by atoms with E-state index in [1.165, 1.54) is 0 Å². The van der Waals surface area contributed by atoms with Crippen molar-refractivity contribution in [3.63, 3.8) is 0 Å². The average molecular weight is 187 g/mol. The van der Waals surface area contributed by atoms with Crippen molar-refractivity contribution in [1.82, 2.24) is 4.98 Å². The molecule has 0 aliphatic heterocycles. The van der Waals surface area contributed by atoms with E-state index in [-0.39, 0.29) is 0 Å². The Balaban J connectivity index is 2.69. The zero-order valence-electron chi connectivity index (χ0n) is 7.70. The topological polar surface area (TPSA) is 49.9 Å². The van der Waals surface area contributed by atoms with Crippen LogP contribution < -0.4 is 0 Å². The first kappa shape index (κ1) is 8.69. The normalized spacial score (nSPS) is 10.4. The predicted octanol–water partition coefficient (Wildman–Crippen LogP) is 1.86. The number of rotatable bonds is 2. The summed E-state index contributed by atoms with van der Waals surface area (Å²) >= 11 is 0. The van der Waals surface area contributed by atoms with Crippen molar-refractivity contribution in [3.8, 4) is 0 Å². The highest BCUT2D eigenvalue weighted by atomic mass is 16.2. The number of hydrogen-bond acceptors (Lipinski definition) is 2. The molecule has 0 saturated carbocycles. The molecule has 3 nitrogen and oxygen atoms in total. The summed E-state index contributed by atoms with van der Waals surface area (Å²) in [6, 6.07) is 5.70. The van der Waals surface area contributed by atoms with Gasteiger partial charge in [-0.05, 0) is 18.6 Å². The maximum Gasteiger partial charge on any atom is 0.227 e. The second-order valence-corrected chi connectivity index (χ2v) is 3.23. The molecule has 70 valence electrons. The summed E-state index contributed by atoms with van der Waals surface area (Å²) in [6.45, 7) is 1.97. The van der Waals surface area contributed by atoms with Gasteiger partial charge >= 0.3 is 0 Å². The van der Waals surface area contributed by atoms with Crippen molar-refractivity contribution >= 4 is 23.0 Å². The molecule has 1 N–H and O–H groups in total. The first-order valence-corrected chi connectivity index (χ1v) is 4.29. The molecule has 0 bridgehead atoms. The van der Waals surface area contributed by atoms with E-state index in [2.05, 4.69) is 4.98 Å². The Morgan fingerprint density at radius 1 is 1.43 bits per heavy atom. The Morgan fingerprint density at radius 3 is 2.93 bits per heavy atom. The van der Waals surface area contributed by atoms with E-state index < -0.39 is 5.78 Å². The van der Waals surface area contributed by atoms with E-state index in [1.807, 2.05) is 25.1 Å². The molecule has 0 aliphatic carbocycles. The number of aldehydes is 1. The molecule has 1 aromatic carbocycles. The van der Waals surface area contributed by atoms with Crippen molar-refractivity contribution in [2.45, 2.75) is 6.92 Å². The summed E-state index contributed by atoms with van der Waals surface area (Å²) < 4.78 is 0. The van der Waals surface area contributed by atoms with Crippen LogP contribution >= 0.6 is 0 Å². The number of H-pyrrole nitrogens is 1. The Labute approximate surface area is 80.7 Å². The van der Waals surface area contributed by atoms with Gasteiger partial charge in [-0.2, -0.15) is 0 Å². The van der Waals surface area contributed by atoms with Crippen molar-refractivity contribution in [1.29, 1.82) is 0 Å². The van der Waals surface area contributed by atoms with E-state index in [9.17, 15) is 9.59 Å². The van der Waals surface area contributed by atoms with Gasteiger partial charge in [-0.1, -0.05) is 12.1 Å². The van der Waals surface area contributed by atoms with E-state index in [0.29, 0.717) is 11.8 Å². The number of Topliss-reactive ketones (excluding diaryl/α,β-unsaturated/α-hetero) is 1. The molecule has 14 heavy (non-hydrogen) atoms. The predicted molar refractivity (Wildman–Crippen MR) is 53.4 cm³/mol. The zero-order valence-corrected chi connectivity index (χ0v) is 7.70. The van der Waals surface area contributed by atoms with Crippen LogP contribution in [0.25, 0.3) is 10.9 Å².